The van der Waals surface area contributed by atoms with Crippen LogP contribution in [0.5, 0.6) is 0 Å². The van der Waals surface area contributed by atoms with E-state index in [9.17, 15) is 4.79 Å². The Bertz CT molecular complexity index is 516. The Morgan fingerprint density at radius 1 is 1.13 bits per heavy atom. The molecule has 3 nitrogen and oxygen atoms in total. The maximum absolute atomic E-state index is 12.6. The van der Waals surface area contributed by atoms with Gasteiger partial charge in [0.25, 0.3) is 0 Å². The average molecular weight is 314 g/mol. The SMILES string of the molecule is CCCC(=O)N1CC[C@H](c2ccccc2)[C@@H]2[C@H]1CCCCN2C. The van der Waals surface area contributed by atoms with E-state index < -0.39 is 0 Å². The summed E-state index contributed by atoms with van der Waals surface area (Å²) in [6.07, 6.45) is 6.39. The molecule has 0 saturated carbocycles. The maximum atomic E-state index is 12.6. The molecule has 2 fully saturated rings. The Balaban J connectivity index is 1.89. The molecule has 1 amide bonds. The molecule has 126 valence electrons. The largest absolute Gasteiger partial charge is 0.338 e. The van der Waals surface area contributed by atoms with E-state index in [-0.39, 0.29) is 0 Å². The van der Waals surface area contributed by atoms with Gasteiger partial charge in [-0.3, -0.25) is 4.79 Å². The van der Waals surface area contributed by atoms with E-state index >= 15 is 0 Å². The van der Waals surface area contributed by atoms with Gasteiger partial charge in [0.15, 0.2) is 0 Å². The topological polar surface area (TPSA) is 23.6 Å². The van der Waals surface area contributed by atoms with Crippen LogP contribution in [0.3, 0.4) is 0 Å². The molecule has 0 aliphatic carbocycles. The van der Waals surface area contributed by atoms with Crippen molar-refractivity contribution in [1.29, 1.82) is 0 Å². The second-order valence-corrected chi connectivity index (χ2v) is 7.18. The molecule has 0 radical (unpaired) electrons. The van der Waals surface area contributed by atoms with E-state index in [1.807, 2.05) is 0 Å². The number of hydrogen-bond donors (Lipinski definition) is 0. The summed E-state index contributed by atoms with van der Waals surface area (Å²) >= 11 is 0. The lowest BCUT2D eigenvalue weighted by molar-refractivity contribution is -0.137. The normalized spacial score (nSPS) is 29.0. The van der Waals surface area contributed by atoms with Gasteiger partial charge in [0.05, 0.1) is 0 Å². The third-order valence-corrected chi connectivity index (χ3v) is 5.67. The molecule has 2 saturated heterocycles. The number of nitrogens with zero attached hydrogens (tertiary/aromatic N) is 2. The maximum Gasteiger partial charge on any atom is 0.222 e. The number of benzene rings is 1. The van der Waals surface area contributed by atoms with Gasteiger partial charge in [0.2, 0.25) is 5.91 Å². The fourth-order valence-corrected chi connectivity index (χ4v) is 4.59. The van der Waals surface area contributed by atoms with E-state index in [4.69, 9.17) is 0 Å². The summed E-state index contributed by atoms with van der Waals surface area (Å²) in [6.45, 7) is 4.18. The smallest absolute Gasteiger partial charge is 0.222 e. The number of carbonyl (C=O) groups is 1. The van der Waals surface area contributed by atoms with E-state index in [0.717, 1.165) is 32.4 Å². The number of fused-ring (bicyclic) bond motifs is 1. The summed E-state index contributed by atoms with van der Waals surface area (Å²) in [7, 11) is 2.26. The third-order valence-electron chi connectivity index (χ3n) is 5.67. The lowest BCUT2D eigenvalue weighted by Gasteiger charge is -2.48. The number of hydrogen-bond acceptors (Lipinski definition) is 2. The van der Waals surface area contributed by atoms with Crippen molar-refractivity contribution < 1.29 is 4.79 Å². The van der Waals surface area contributed by atoms with Crippen LogP contribution in [0.25, 0.3) is 0 Å². The van der Waals surface area contributed by atoms with Crippen LogP contribution in [0.1, 0.15) is 56.9 Å². The molecule has 2 heterocycles. The lowest BCUT2D eigenvalue weighted by Crippen LogP contribution is -2.58. The Morgan fingerprint density at radius 3 is 2.65 bits per heavy atom. The van der Waals surface area contributed by atoms with Crippen molar-refractivity contribution in [3.05, 3.63) is 35.9 Å². The number of likely N-dealkylation sites (N-methyl/N-ethyl adjacent to an activating group) is 1. The highest BCUT2D eigenvalue weighted by molar-refractivity contribution is 5.76. The van der Waals surface area contributed by atoms with Crippen LogP contribution >= 0.6 is 0 Å². The van der Waals surface area contributed by atoms with E-state index in [2.05, 4.69) is 54.1 Å². The molecule has 0 spiro atoms. The number of carbonyl (C=O) groups excluding carboxylic acids is 1. The molecule has 3 atom stereocenters. The first-order chi connectivity index (χ1) is 11.2. The predicted molar refractivity (Wildman–Crippen MR) is 94.5 cm³/mol. The molecule has 1 aromatic rings. The van der Waals surface area contributed by atoms with Crippen LogP contribution < -0.4 is 0 Å². The quantitative estimate of drug-likeness (QED) is 0.850. The minimum absolute atomic E-state index is 0.365. The Kier molecular flexibility index (Phi) is 5.37. The van der Waals surface area contributed by atoms with Gasteiger partial charge in [-0.15, -0.1) is 0 Å². The molecule has 0 aromatic heterocycles. The lowest BCUT2D eigenvalue weighted by atomic mass is 9.79. The monoisotopic (exact) mass is 314 g/mol. The second-order valence-electron chi connectivity index (χ2n) is 7.18. The van der Waals surface area contributed by atoms with Gasteiger partial charge in [-0.1, -0.05) is 43.7 Å². The van der Waals surface area contributed by atoms with Gasteiger partial charge >= 0.3 is 0 Å². The number of likely N-dealkylation sites (tertiary alicyclic amines) is 2. The predicted octanol–water partition coefficient (Wildman–Crippen LogP) is 3.66. The average Bonchev–Trinajstić information content (AvgIpc) is 2.77. The van der Waals surface area contributed by atoms with Crippen molar-refractivity contribution in [3.63, 3.8) is 0 Å². The van der Waals surface area contributed by atoms with E-state index in [0.29, 0.717) is 30.3 Å². The Labute approximate surface area is 140 Å². The molecule has 3 rings (SSSR count). The zero-order valence-corrected chi connectivity index (χ0v) is 14.6. The van der Waals surface area contributed by atoms with Crippen molar-refractivity contribution in [3.8, 4) is 0 Å². The standard InChI is InChI=1S/C20H30N2O/c1-3-9-19(23)22-15-13-17(16-10-5-4-6-11-16)20-18(22)12-7-8-14-21(20)2/h4-6,10-11,17-18,20H,3,7-9,12-15H2,1-2H3/t17-,18-,20-/m1/s1. The Morgan fingerprint density at radius 2 is 1.91 bits per heavy atom. The van der Waals surface area contributed by atoms with Crippen LogP contribution in [0, 0.1) is 0 Å². The number of rotatable bonds is 3. The number of piperidine rings is 1. The molecule has 0 unspecified atom stereocenters. The molecule has 1 aromatic carbocycles. The summed E-state index contributed by atoms with van der Waals surface area (Å²) in [6, 6.07) is 11.8. The first kappa shape index (κ1) is 16.5. The van der Waals surface area contributed by atoms with Crippen LogP contribution in [-0.4, -0.2) is 47.9 Å². The van der Waals surface area contributed by atoms with Crippen molar-refractivity contribution in [2.24, 2.45) is 0 Å². The van der Waals surface area contributed by atoms with Gasteiger partial charge < -0.3 is 9.80 Å². The highest BCUT2D eigenvalue weighted by Gasteiger charge is 2.42. The third kappa shape index (κ3) is 3.45. The van der Waals surface area contributed by atoms with Crippen molar-refractivity contribution in [2.75, 3.05) is 20.1 Å². The zero-order valence-electron chi connectivity index (χ0n) is 14.6. The molecule has 0 bridgehead atoms. The molecule has 23 heavy (non-hydrogen) atoms. The summed E-state index contributed by atoms with van der Waals surface area (Å²) in [5, 5.41) is 0. The zero-order chi connectivity index (χ0) is 16.2. The number of amides is 1. The molecular weight excluding hydrogens is 284 g/mol. The fraction of sp³-hybridized carbons (Fsp3) is 0.650. The van der Waals surface area contributed by atoms with E-state index in [1.165, 1.54) is 18.4 Å². The van der Waals surface area contributed by atoms with Crippen LogP contribution in [0.15, 0.2) is 30.3 Å². The van der Waals surface area contributed by atoms with Gasteiger partial charge in [-0.05, 0) is 44.8 Å². The van der Waals surface area contributed by atoms with Crippen LogP contribution in [0.4, 0.5) is 0 Å². The Hall–Kier alpha value is -1.35. The fourth-order valence-electron chi connectivity index (χ4n) is 4.59. The van der Waals surface area contributed by atoms with Crippen molar-refractivity contribution in [1.82, 2.24) is 9.80 Å². The second kappa shape index (κ2) is 7.48. The summed E-state index contributed by atoms with van der Waals surface area (Å²) in [5.41, 5.74) is 1.44. The first-order valence-corrected chi connectivity index (χ1v) is 9.27. The minimum Gasteiger partial charge on any atom is -0.338 e. The molecule has 0 N–H and O–H groups in total. The van der Waals surface area contributed by atoms with Crippen molar-refractivity contribution >= 4 is 5.91 Å². The van der Waals surface area contributed by atoms with Gasteiger partial charge in [0, 0.05) is 31.0 Å². The summed E-state index contributed by atoms with van der Waals surface area (Å²) in [5.74, 6) is 0.916. The van der Waals surface area contributed by atoms with Crippen LogP contribution in [0.2, 0.25) is 0 Å². The first-order valence-electron chi connectivity index (χ1n) is 9.27. The van der Waals surface area contributed by atoms with Crippen LogP contribution in [-0.2, 0) is 4.79 Å². The highest BCUT2D eigenvalue weighted by Crippen LogP contribution is 2.38. The van der Waals surface area contributed by atoms with Crippen molar-refractivity contribution in [2.45, 2.75) is 63.5 Å². The van der Waals surface area contributed by atoms with Gasteiger partial charge in [-0.25, -0.2) is 0 Å². The van der Waals surface area contributed by atoms with E-state index in [1.54, 1.807) is 0 Å². The van der Waals surface area contributed by atoms with Gasteiger partial charge in [0.1, 0.15) is 0 Å². The molecule has 2 aliphatic rings. The summed E-state index contributed by atoms with van der Waals surface area (Å²) in [4.78, 5) is 17.4. The molecule has 2 aliphatic heterocycles. The van der Waals surface area contributed by atoms with Gasteiger partial charge in [-0.2, -0.15) is 0 Å². The highest BCUT2D eigenvalue weighted by atomic mass is 16.2. The summed E-state index contributed by atoms with van der Waals surface area (Å²) < 4.78 is 0. The minimum atomic E-state index is 0.365. The molecule has 3 heteroatoms. The molecular formula is C20H30N2O.